The summed E-state index contributed by atoms with van der Waals surface area (Å²) in [6, 6.07) is 7.16. The van der Waals surface area contributed by atoms with E-state index in [-0.39, 0.29) is 28.8 Å². The number of carbonyl (C=O) groups excluding carboxylic acids is 2. The van der Waals surface area contributed by atoms with Crippen molar-refractivity contribution >= 4 is 11.8 Å². The highest BCUT2D eigenvalue weighted by Crippen LogP contribution is 2.22. The van der Waals surface area contributed by atoms with Crippen LogP contribution in [0.1, 0.15) is 124 Å². The number of fused-ring (bicyclic) bond motifs is 1. The van der Waals surface area contributed by atoms with Gasteiger partial charge in [-0.3, -0.25) is 14.5 Å². The van der Waals surface area contributed by atoms with Gasteiger partial charge in [-0.15, -0.1) is 0 Å². The first-order chi connectivity index (χ1) is 16.0. The molecule has 1 aliphatic rings. The zero-order valence-corrected chi connectivity index (χ0v) is 23.7. The zero-order chi connectivity index (χ0) is 23.9. The minimum absolute atomic E-state index is 0. The average molecular weight is 538 g/mol. The second-order valence-electron chi connectivity index (χ2n) is 10.6. The molecule has 1 aromatic carbocycles. The van der Waals surface area contributed by atoms with E-state index >= 15 is 0 Å². The molecular formula is C29H49BrN2O2. The summed E-state index contributed by atoms with van der Waals surface area (Å²) >= 11 is 0. The highest BCUT2D eigenvalue weighted by molar-refractivity contribution is 6.21. The van der Waals surface area contributed by atoms with E-state index in [0.717, 1.165) is 17.4 Å². The van der Waals surface area contributed by atoms with Crippen molar-refractivity contribution in [1.29, 1.82) is 0 Å². The van der Waals surface area contributed by atoms with Gasteiger partial charge in [0.2, 0.25) is 0 Å². The van der Waals surface area contributed by atoms with Crippen LogP contribution in [-0.4, -0.2) is 54.9 Å². The molecule has 0 unspecified atom stereocenters. The number of imide groups is 1. The van der Waals surface area contributed by atoms with Crippen LogP contribution in [0.2, 0.25) is 0 Å². The minimum Gasteiger partial charge on any atom is -1.00 e. The summed E-state index contributed by atoms with van der Waals surface area (Å²) in [6.45, 7) is 4.96. The lowest BCUT2D eigenvalue weighted by molar-refractivity contribution is -0.890. The molecule has 194 valence electrons. The summed E-state index contributed by atoms with van der Waals surface area (Å²) in [5.74, 6) is -0.263. The first kappa shape index (κ1) is 30.8. The first-order valence-corrected chi connectivity index (χ1v) is 13.7. The van der Waals surface area contributed by atoms with Crippen molar-refractivity contribution in [3.63, 3.8) is 0 Å². The van der Waals surface area contributed by atoms with Gasteiger partial charge in [0.1, 0.15) is 0 Å². The van der Waals surface area contributed by atoms with E-state index in [1.54, 1.807) is 12.1 Å². The van der Waals surface area contributed by atoms with E-state index in [1.165, 1.54) is 101 Å². The second kappa shape index (κ2) is 17.3. The van der Waals surface area contributed by atoms with Gasteiger partial charge in [-0.2, -0.15) is 0 Å². The van der Waals surface area contributed by atoms with E-state index in [9.17, 15) is 9.59 Å². The molecule has 5 heteroatoms. The first-order valence-electron chi connectivity index (χ1n) is 13.7. The Labute approximate surface area is 219 Å². The molecule has 0 aliphatic carbocycles. The number of amides is 2. The van der Waals surface area contributed by atoms with Gasteiger partial charge in [-0.05, 0) is 25.0 Å². The van der Waals surface area contributed by atoms with Crippen molar-refractivity contribution in [2.75, 3.05) is 33.7 Å². The Morgan fingerprint density at radius 3 is 1.44 bits per heavy atom. The number of halogens is 1. The molecule has 1 heterocycles. The molecule has 0 saturated heterocycles. The molecule has 0 radical (unpaired) electrons. The zero-order valence-electron chi connectivity index (χ0n) is 22.1. The topological polar surface area (TPSA) is 37.4 Å². The van der Waals surface area contributed by atoms with Crippen molar-refractivity contribution < 1.29 is 31.1 Å². The number of hydrogen-bond donors (Lipinski definition) is 0. The number of nitrogens with zero attached hydrogens (tertiary/aromatic N) is 2. The molecule has 34 heavy (non-hydrogen) atoms. The molecule has 0 N–H and O–H groups in total. The van der Waals surface area contributed by atoms with E-state index < -0.39 is 0 Å². The van der Waals surface area contributed by atoms with Gasteiger partial charge in [0.05, 0.1) is 38.3 Å². The summed E-state index contributed by atoms with van der Waals surface area (Å²) < 4.78 is 0.960. The molecule has 2 rings (SSSR count). The van der Waals surface area contributed by atoms with E-state index in [2.05, 4.69) is 21.0 Å². The number of rotatable bonds is 19. The third kappa shape index (κ3) is 11.0. The largest absolute Gasteiger partial charge is 1.00 e. The molecule has 0 saturated carbocycles. The lowest BCUT2D eigenvalue weighted by Gasteiger charge is -2.30. The van der Waals surface area contributed by atoms with Gasteiger partial charge in [0.15, 0.2) is 0 Å². The standard InChI is InChI=1S/C29H49N2O2.BrH/c1-4-5-6-7-8-9-10-11-12-13-14-15-16-19-24-31(2,3)25-20-23-30-28(32)26-21-17-18-22-27(26)29(30)33;/h17-18,21-22H,4-16,19-20,23-25H2,1-3H3;1H/q+1;/p-1. The minimum atomic E-state index is -0.132. The molecule has 0 atom stereocenters. The summed E-state index contributed by atoms with van der Waals surface area (Å²) in [5.41, 5.74) is 1.11. The van der Waals surface area contributed by atoms with Crippen molar-refractivity contribution in [2.24, 2.45) is 0 Å². The second-order valence-corrected chi connectivity index (χ2v) is 10.6. The molecule has 0 bridgehead atoms. The Morgan fingerprint density at radius 2 is 1.00 bits per heavy atom. The van der Waals surface area contributed by atoms with E-state index in [1.807, 2.05) is 12.1 Å². The smallest absolute Gasteiger partial charge is 0.261 e. The highest BCUT2D eigenvalue weighted by atomic mass is 79.9. The maximum absolute atomic E-state index is 12.5. The highest BCUT2D eigenvalue weighted by Gasteiger charge is 2.34. The normalized spacial score (nSPS) is 13.3. The van der Waals surface area contributed by atoms with Gasteiger partial charge in [-0.1, -0.05) is 96.1 Å². The fourth-order valence-corrected chi connectivity index (χ4v) is 4.95. The van der Waals surface area contributed by atoms with Crippen LogP contribution in [0.15, 0.2) is 24.3 Å². The lowest BCUT2D eigenvalue weighted by atomic mass is 10.0. The Hall–Kier alpha value is -1.20. The van der Waals surface area contributed by atoms with Crippen LogP contribution in [0.25, 0.3) is 0 Å². The number of benzene rings is 1. The van der Waals surface area contributed by atoms with Crippen LogP contribution in [0.3, 0.4) is 0 Å². The predicted molar refractivity (Wildman–Crippen MR) is 139 cm³/mol. The van der Waals surface area contributed by atoms with Gasteiger partial charge in [0.25, 0.3) is 11.8 Å². The van der Waals surface area contributed by atoms with E-state index in [4.69, 9.17) is 0 Å². The molecule has 2 amide bonds. The molecular weight excluding hydrogens is 488 g/mol. The van der Waals surface area contributed by atoms with Crippen molar-refractivity contribution in [1.82, 2.24) is 4.90 Å². The number of carbonyl (C=O) groups is 2. The fraction of sp³-hybridized carbons (Fsp3) is 0.724. The third-order valence-corrected chi connectivity index (χ3v) is 7.14. The molecule has 4 nitrogen and oxygen atoms in total. The summed E-state index contributed by atoms with van der Waals surface area (Å²) in [6.07, 6.45) is 20.3. The monoisotopic (exact) mass is 536 g/mol. The Bertz CT molecular complexity index is 685. The molecule has 0 aromatic heterocycles. The van der Waals surface area contributed by atoms with Crippen LogP contribution < -0.4 is 17.0 Å². The third-order valence-electron chi connectivity index (χ3n) is 7.14. The number of quaternary nitrogens is 1. The maximum atomic E-state index is 12.5. The number of hydrogen-bond acceptors (Lipinski definition) is 2. The maximum Gasteiger partial charge on any atom is 0.261 e. The summed E-state index contributed by atoms with van der Waals surface area (Å²) in [7, 11) is 4.54. The van der Waals surface area contributed by atoms with Crippen molar-refractivity contribution in [3.8, 4) is 0 Å². The van der Waals surface area contributed by atoms with Crippen LogP contribution in [0.4, 0.5) is 0 Å². The van der Waals surface area contributed by atoms with Crippen LogP contribution in [0.5, 0.6) is 0 Å². The molecule has 0 fully saturated rings. The fourth-order valence-electron chi connectivity index (χ4n) is 4.95. The Balaban J connectivity index is 0.00000578. The van der Waals surface area contributed by atoms with E-state index in [0.29, 0.717) is 17.7 Å². The van der Waals surface area contributed by atoms with Gasteiger partial charge in [0, 0.05) is 13.0 Å². The van der Waals surface area contributed by atoms with Crippen molar-refractivity contribution in [3.05, 3.63) is 35.4 Å². The lowest BCUT2D eigenvalue weighted by Crippen LogP contribution is -3.00. The number of unbranched alkanes of at least 4 members (excludes halogenated alkanes) is 13. The summed E-state index contributed by atoms with van der Waals surface area (Å²) in [4.78, 5) is 26.4. The Kier molecular flexibility index (Phi) is 15.7. The average Bonchev–Trinajstić information content (AvgIpc) is 3.04. The van der Waals surface area contributed by atoms with Gasteiger partial charge < -0.3 is 21.5 Å². The van der Waals surface area contributed by atoms with Crippen LogP contribution in [-0.2, 0) is 0 Å². The summed E-state index contributed by atoms with van der Waals surface area (Å²) in [5, 5.41) is 0. The molecule has 1 aliphatic heterocycles. The van der Waals surface area contributed by atoms with Crippen molar-refractivity contribution in [2.45, 2.75) is 103 Å². The predicted octanol–water partition coefficient (Wildman–Crippen LogP) is 4.23. The molecule has 0 spiro atoms. The Morgan fingerprint density at radius 1 is 0.618 bits per heavy atom. The van der Waals surface area contributed by atoms with Gasteiger partial charge in [-0.25, -0.2) is 0 Å². The van der Waals surface area contributed by atoms with Crippen LogP contribution >= 0.6 is 0 Å². The van der Waals surface area contributed by atoms with Crippen LogP contribution in [0, 0.1) is 0 Å². The van der Waals surface area contributed by atoms with Gasteiger partial charge >= 0.3 is 0 Å². The SMILES string of the molecule is CCCCCCCCCCCCCCCC[N+](C)(C)CCCN1C(=O)c2ccccc2C1=O.[Br-]. The molecule has 1 aromatic rings. The quantitative estimate of drug-likeness (QED) is 0.151.